The lowest BCUT2D eigenvalue weighted by Gasteiger charge is -2.28. The van der Waals surface area contributed by atoms with E-state index >= 15 is 0 Å². The molecule has 1 heterocycles. The van der Waals surface area contributed by atoms with Gasteiger partial charge in [-0.1, -0.05) is 0 Å². The predicted octanol–water partition coefficient (Wildman–Crippen LogP) is 0.132. The smallest absolute Gasteiger partial charge is 0.320 e. The first-order chi connectivity index (χ1) is 13.6. The lowest BCUT2D eigenvalue weighted by Crippen LogP contribution is -2.44. The minimum absolute atomic E-state index is 0.0436. The minimum Gasteiger partial charge on any atom is -0.465 e. The van der Waals surface area contributed by atoms with Gasteiger partial charge >= 0.3 is 23.9 Å². The van der Waals surface area contributed by atoms with Crippen molar-refractivity contribution in [2.45, 2.75) is 27.7 Å². The van der Waals surface area contributed by atoms with E-state index in [0.29, 0.717) is 0 Å². The van der Waals surface area contributed by atoms with Crippen molar-refractivity contribution in [3.63, 3.8) is 0 Å². The van der Waals surface area contributed by atoms with Crippen molar-refractivity contribution in [2.24, 2.45) is 23.7 Å². The van der Waals surface area contributed by atoms with Crippen molar-refractivity contribution in [1.82, 2.24) is 0 Å². The van der Waals surface area contributed by atoms with Crippen LogP contribution in [-0.2, 0) is 48.0 Å². The van der Waals surface area contributed by atoms with Gasteiger partial charge in [0.15, 0.2) is 21.7 Å². The van der Waals surface area contributed by atoms with Crippen molar-refractivity contribution in [3.05, 3.63) is 0 Å². The van der Waals surface area contributed by atoms with E-state index < -0.39 is 68.9 Å². The number of carbonyl (C=O) groups excluding carboxylic acids is 4. The van der Waals surface area contributed by atoms with Crippen molar-refractivity contribution in [1.29, 1.82) is 0 Å². The Hall–Kier alpha value is -2.17. The largest absolute Gasteiger partial charge is 0.465 e. The molecule has 166 valence electrons. The molecule has 1 aliphatic rings. The average Bonchev–Trinajstić information content (AvgIpc) is 2.91. The summed E-state index contributed by atoms with van der Waals surface area (Å²) in [5.41, 5.74) is 0. The zero-order valence-electron chi connectivity index (χ0n) is 17.0. The Morgan fingerprint density at radius 1 is 0.655 bits per heavy atom. The standard InChI is InChI=1S/C18H28O10S/c1-5-25-15(19)13(16(20)26-6-2)11-9-29(23,24)10-12(11)14(17(21)27-7-3)18(22)28-8-4/h11-14H,5-10H2,1-4H3/t11-,12-/m0/s1. The first-order valence-electron chi connectivity index (χ1n) is 9.50. The SMILES string of the molecule is CCOC(=O)C(C(=O)OCC)[C@H]1CS(=O)(=O)C[C@@H]1C(C(=O)OCC)C(=O)OCC. The summed E-state index contributed by atoms with van der Waals surface area (Å²) < 4.78 is 44.5. The Morgan fingerprint density at radius 3 is 1.10 bits per heavy atom. The van der Waals surface area contributed by atoms with E-state index in [1.54, 1.807) is 0 Å². The molecule has 1 saturated heterocycles. The van der Waals surface area contributed by atoms with Crippen molar-refractivity contribution < 1.29 is 46.5 Å². The van der Waals surface area contributed by atoms with Crippen LogP contribution in [0.15, 0.2) is 0 Å². The Morgan fingerprint density at radius 2 is 0.897 bits per heavy atom. The second kappa shape index (κ2) is 11.1. The molecule has 0 radical (unpaired) electrons. The number of ether oxygens (including phenoxy) is 4. The van der Waals surface area contributed by atoms with E-state index in [0.717, 1.165) is 0 Å². The predicted molar refractivity (Wildman–Crippen MR) is 99.1 cm³/mol. The molecule has 0 aromatic rings. The molecule has 1 rings (SSSR count). The molecule has 0 aliphatic carbocycles. The maximum absolute atomic E-state index is 12.5. The molecule has 0 bridgehead atoms. The van der Waals surface area contributed by atoms with Crippen LogP contribution in [-0.4, -0.2) is 70.2 Å². The maximum atomic E-state index is 12.5. The number of hydrogen-bond donors (Lipinski definition) is 0. The summed E-state index contributed by atoms with van der Waals surface area (Å²) in [7, 11) is -3.76. The van der Waals surface area contributed by atoms with Gasteiger partial charge in [-0.05, 0) is 27.7 Å². The summed E-state index contributed by atoms with van der Waals surface area (Å²) in [6, 6.07) is 0. The Bertz CT molecular complexity index is 624. The highest BCUT2D eigenvalue weighted by Crippen LogP contribution is 2.39. The first kappa shape index (κ1) is 24.9. The lowest BCUT2D eigenvalue weighted by atomic mass is 9.76. The summed E-state index contributed by atoms with van der Waals surface area (Å²) in [6.45, 7) is 5.95. The van der Waals surface area contributed by atoms with Crippen LogP contribution in [0.3, 0.4) is 0 Å². The fourth-order valence-corrected chi connectivity index (χ4v) is 5.60. The topological polar surface area (TPSA) is 139 Å². The van der Waals surface area contributed by atoms with E-state index in [9.17, 15) is 27.6 Å². The van der Waals surface area contributed by atoms with Crippen molar-refractivity contribution >= 4 is 33.7 Å². The number of sulfone groups is 1. The number of esters is 4. The third-order valence-corrected chi connectivity index (χ3v) is 6.25. The van der Waals surface area contributed by atoms with E-state index in [2.05, 4.69) is 0 Å². The van der Waals surface area contributed by atoms with E-state index in [1.807, 2.05) is 0 Å². The van der Waals surface area contributed by atoms with E-state index in [4.69, 9.17) is 18.9 Å². The molecule has 10 nitrogen and oxygen atoms in total. The van der Waals surface area contributed by atoms with Gasteiger partial charge in [-0.15, -0.1) is 0 Å². The van der Waals surface area contributed by atoms with Crippen LogP contribution in [0, 0.1) is 23.7 Å². The van der Waals surface area contributed by atoms with Gasteiger partial charge in [0.1, 0.15) is 0 Å². The van der Waals surface area contributed by atoms with E-state index in [-0.39, 0.29) is 26.4 Å². The molecule has 0 saturated carbocycles. The summed E-state index contributed by atoms with van der Waals surface area (Å²) in [6.07, 6.45) is 0. The molecule has 2 atom stereocenters. The molecule has 0 unspecified atom stereocenters. The van der Waals surface area contributed by atoms with Gasteiger partial charge in [0.25, 0.3) is 0 Å². The van der Waals surface area contributed by atoms with Gasteiger partial charge in [0.05, 0.1) is 37.9 Å². The molecular formula is C18H28O10S. The van der Waals surface area contributed by atoms with Crippen LogP contribution in [0.5, 0.6) is 0 Å². The van der Waals surface area contributed by atoms with Crippen molar-refractivity contribution in [3.8, 4) is 0 Å². The molecule has 0 amide bonds. The fraction of sp³-hybridized carbons (Fsp3) is 0.778. The summed E-state index contributed by atoms with van der Waals surface area (Å²) >= 11 is 0. The molecular weight excluding hydrogens is 408 g/mol. The summed E-state index contributed by atoms with van der Waals surface area (Å²) in [5.74, 6) is -10.6. The van der Waals surface area contributed by atoms with Crippen LogP contribution in [0.25, 0.3) is 0 Å². The average molecular weight is 436 g/mol. The normalized spacial score (nSPS) is 20.3. The Labute approximate surface area is 170 Å². The minimum atomic E-state index is -3.76. The van der Waals surface area contributed by atoms with E-state index in [1.165, 1.54) is 27.7 Å². The third kappa shape index (κ3) is 6.41. The summed E-state index contributed by atoms with van der Waals surface area (Å²) in [4.78, 5) is 49.9. The van der Waals surface area contributed by atoms with Gasteiger partial charge in [-0.3, -0.25) is 19.2 Å². The highest BCUT2D eigenvalue weighted by molar-refractivity contribution is 7.91. The molecule has 0 aromatic carbocycles. The first-order valence-corrected chi connectivity index (χ1v) is 11.3. The molecule has 0 N–H and O–H groups in total. The lowest BCUT2D eigenvalue weighted by molar-refractivity contribution is -0.172. The molecule has 1 fully saturated rings. The van der Waals surface area contributed by atoms with Gasteiger partial charge in [-0.25, -0.2) is 8.42 Å². The van der Waals surface area contributed by atoms with Gasteiger partial charge in [0, 0.05) is 11.8 Å². The third-order valence-electron chi connectivity index (χ3n) is 4.46. The quantitative estimate of drug-likeness (QED) is 0.264. The molecule has 0 spiro atoms. The fourth-order valence-electron chi connectivity index (χ4n) is 3.41. The van der Waals surface area contributed by atoms with Crippen LogP contribution in [0.4, 0.5) is 0 Å². The molecule has 1 aliphatic heterocycles. The van der Waals surface area contributed by atoms with Gasteiger partial charge in [0.2, 0.25) is 0 Å². The van der Waals surface area contributed by atoms with Crippen LogP contribution < -0.4 is 0 Å². The maximum Gasteiger partial charge on any atom is 0.320 e. The number of rotatable bonds is 10. The number of hydrogen-bond acceptors (Lipinski definition) is 10. The zero-order valence-corrected chi connectivity index (χ0v) is 17.9. The monoisotopic (exact) mass is 436 g/mol. The van der Waals surface area contributed by atoms with Gasteiger partial charge < -0.3 is 18.9 Å². The van der Waals surface area contributed by atoms with Crippen molar-refractivity contribution in [2.75, 3.05) is 37.9 Å². The second-order valence-corrected chi connectivity index (χ2v) is 8.52. The molecule has 0 aromatic heterocycles. The summed E-state index contributed by atoms with van der Waals surface area (Å²) in [5, 5.41) is 0. The number of carbonyl (C=O) groups is 4. The zero-order chi connectivity index (χ0) is 22.2. The van der Waals surface area contributed by atoms with Crippen LogP contribution in [0.2, 0.25) is 0 Å². The highest BCUT2D eigenvalue weighted by Gasteiger charge is 2.55. The second-order valence-electron chi connectivity index (χ2n) is 6.37. The van der Waals surface area contributed by atoms with Gasteiger partial charge in [-0.2, -0.15) is 0 Å². The van der Waals surface area contributed by atoms with Crippen LogP contribution >= 0.6 is 0 Å². The highest BCUT2D eigenvalue weighted by atomic mass is 32.2. The Balaban J connectivity index is 3.44. The van der Waals surface area contributed by atoms with Crippen LogP contribution in [0.1, 0.15) is 27.7 Å². The molecule has 11 heteroatoms. The Kier molecular flexibility index (Phi) is 9.54. The molecule has 29 heavy (non-hydrogen) atoms.